The van der Waals surface area contributed by atoms with Crippen LogP contribution in [0.25, 0.3) is 0 Å². The van der Waals surface area contributed by atoms with Gasteiger partial charge in [-0.25, -0.2) is 0 Å². The Bertz CT molecular complexity index is 459. The highest BCUT2D eigenvalue weighted by atomic mass is 16.3. The molecule has 1 heterocycles. The monoisotopic (exact) mass is 289 g/mol. The van der Waals surface area contributed by atoms with E-state index < -0.39 is 0 Å². The minimum absolute atomic E-state index is 0.152. The maximum Gasteiger partial charge on any atom is 0.0758 e. The van der Waals surface area contributed by atoms with Crippen LogP contribution in [0, 0.1) is 13.8 Å². The molecule has 2 rings (SSSR count). The molecule has 0 aromatic heterocycles. The number of aryl methyl sites for hydroxylation is 2. The van der Waals surface area contributed by atoms with Crippen molar-refractivity contribution in [3.8, 4) is 0 Å². The van der Waals surface area contributed by atoms with Crippen molar-refractivity contribution in [1.82, 2.24) is 4.90 Å². The van der Waals surface area contributed by atoms with E-state index in [2.05, 4.69) is 50.8 Å². The van der Waals surface area contributed by atoms with Crippen molar-refractivity contribution in [1.29, 1.82) is 0 Å². The van der Waals surface area contributed by atoms with Crippen molar-refractivity contribution in [2.75, 3.05) is 13.1 Å². The third kappa shape index (κ3) is 4.08. The molecule has 0 aliphatic carbocycles. The fourth-order valence-electron chi connectivity index (χ4n) is 3.34. The number of hydrogen-bond donors (Lipinski definition) is 1. The van der Waals surface area contributed by atoms with Crippen LogP contribution in [-0.4, -0.2) is 34.7 Å². The first-order valence-corrected chi connectivity index (χ1v) is 8.40. The Hall–Kier alpha value is -0.860. The van der Waals surface area contributed by atoms with Crippen LogP contribution in [0.3, 0.4) is 0 Å². The summed E-state index contributed by atoms with van der Waals surface area (Å²) in [5.74, 6) is 0. The molecule has 118 valence electrons. The minimum atomic E-state index is -0.323. The molecule has 1 aliphatic rings. The number of likely N-dealkylation sites (tertiary alicyclic amines) is 1. The van der Waals surface area contributed by atoms with E-state index in [-0.39, 0.29) is 11.6 Å². The molecule has 1 aromatic carbocycles. The summed E-state index contributed by atoms with van der Waals surface area (Å²) in [6.07, 6.45) is 5.62. The van der Waals surface area contributed by atoms with Gasteiger partial charge in [0.05, 0.1) is 6.10 Å². The Morgan fingerprint density at radius 3 is 2.33 bits per heavy atom. The summed E-state index contributed by atoms with van der Waals surface area (Å²) in [5.41, 5.74) is 3.69. The zero-order valence-corrected chi connectivity index (χ0v) is 14.2. The number of benzene rings is 1. The molecule has 1 atom stereocenters. The molecule has 0 spiro atoms. The highest BCUT2D eigenvalue weighted by Gasteiger charge is 2.34. The zero-order chi connectivity index (χ0) is 15.5. The van der Waals surface area contributed by atoms with Crippen molar-refractivity contribution < 1.29 is 5.11 Å². The molecule has 1 aromatic rings. The van der Waals surface area contributed by atoms with Gasteiger partial charge in [0.1, 0.15) is 0 Å². The number of rotatable bonds is 4. The van der Waals surface area contributed by atoms with E-state index in [1.54, 1.807) is 0 Å². The highest BCUT2D eigenvalue weighted by molar-refractivity contribution is 5.31. The molecular weight excluding hydrogens is 258 g/mol. The number of nitrogens with zero attached hydrogens (tertiary/aromatic N) is 1. The molecular formula is C19H31NO. The predicted molar refractivity (Wildman–Crippen MR) is 89.7 cm³/mol. The first-order valence-electron chi connectivity index (χ1n) is 8.40. The quantitative estimate of drug-likeness (QED) is 0.910. The summed E-state index contributed by atoms with van der Waals surface area (Å²) in [6, 6.07) is 6.53. The molecule has 1 N–H and O–H groups in total. The van der Waals surface area contributed by atoms with Crippen LogP contribution in [0.15, 0.2) is 18.2 Å². The standard InChI is InChI=1S/C19H31NO/c1-15-9-10-16(2)17(13-15)14-18(21)19(3,4)20-11-7-5-6-8-12-20/h9-10,13,18,21H,5-8,11-12,14H2,1-4H3. The smallest absolute Gasteiger partial charge is 0.0758 e. The van der Waals surface area contributed by atoms with Crippen LogP contribution in [0.4, 0.5) is 0 Å². The Morgan fingerprint density at radius 2 is 1.71 bits per heavy atom. The Morgan fingerprint density at radius 1 is 1.10 bits per heavy atom. The van der Waals surface area contributed by atoms with E-state index in [4.69, 9.17) is 0 Å². The van der Waals surface area contributed by atoms with Gasteiger partial charge in [0.15, 0.2) is 0 Å². The second-order valence-electron chi connectivity index (χ2n) is 7.20. The molecule has 0 bridgehead atoms. The average molecular weight is 289 g/mol. The van der Waals surface area contributed by atoms with Gasteiger partial charge in [-0.15, -0.1) is 0 Å². The summed E-state index contributed by atoms with van der Waals surface area (Å²) in [5, 5.41) is 10.8. The van der Waals surface area contributed by atoms with Gasteiger partial charge in [-0.05, 0) is 64.8 Å². The number of aliphatic hydroxyl groups is 1. The summed E-state index contributed by atoms with van der Waals surface area (Å²) in [4.78, 5) is 2.50. The predicted octanol–water partition coefficient (Wildman–Crippen LogP) is 3.86. The average Bonchev–Trinajstić information content (AvgIpc) is 2.72. The molecule has 1 aliphatic heterocycles. The first kappa shape index (κ1) is 16.5. The van der Waals surface area contributed by atoms with Gasteiger partial charge in [0.2, 0.25) is 0 Å². The molecule has 0 radical (unpaired) electrons. The summed E-state index contributed by atoms with van der Waals surface area (Å²) in [6.45, 7) is 10.9. The molecule has 0 amide bonds. The van der Waals surface area contributed by atoms with E-state index in [9.17, 15) is 5.11 Å². The van der Waals surface area contributed by atoms with Crippen molar-refractivity contribution in [2.45, 2.75) is 71.4 Å². The van der Waals surface area contributed by atoms with Crippen molar-refractivity contribution in [3.63, 3.8) is 0 Å². The lowest BCUT2D eigenvalue weighted by atomic mass is 9.88. The van der Waals surface area contributed by atoms with Crippen LogP contribution in [0.2, 0.25) is 0 Å². The molecule has 1 unspecified atom stereocenters. The van der Waals surface area contributed by atoms with Gasteiger partial charge < -0.3 is 5.11 Å². The largest absolute Gasteiger partial charge is 0.391 e. The maximum atomic E-state index is 10.8. The van der Waals surface area contributed by atoms with E-state index in [0.717, 1.165) is 19.5 Å². The summed E-state index contributed by atoms with van der Waals surface area (Å²) < 4.78 is 0. The van der Waals surface area contributed by atoms with Gasteiger partial charge in [0, 0.05) is 12.0 Å². The van der Waals surface area contributed by atoms with Gasteiger partial charge in [0.25, 0.3) is 0 Å². The summed E-state index contributed by atoms with van der Waals surface area (Å²) in [7, 11) is 0. The lowest BCUT2D eigenvalue weighted by Crippen LogP contribution is -2.53. The van der Waals surface area contributed by atoms with Gasteiger partial charge in [-0.2, -0.15) is 0 Å². The van der Waals surface area contributed by atoms with Crippen LogP contribution >= 0.6 is 0 Å². The molecule has 2 nitrogen and oxygen atoms in total. The van der Waals surface area contributed by atoms with Crippen LogP contribution in [0.5, 0.6) is 0 Å². The Labute approximate surface area is 130 Å². The van der Waals surface area contributed by atoms with E-state index in [1.165, 1.54) is 42.4 Å². The second kappa shape index (κ2) is 6.93. The van der Waals surface area contributed by atoms with Crippen molar-refractivity contribution in [3.05, 3.63) is 34.9 Å². The molecule has 1 saturated heterocycles. The molecule has 21 heavy (non-hydrogen) atoms. The van der Waals surface area contributed by atoms with Crippen molar-refractivity contribution >= 4 is 0 Å². The fourth-order valence-corrected chi connectivity index (χ4v) is 3.34. The zero-order valence-electron chi connectivity index (χ0n) is 14.2. The molecule has 0 saturated carbocycles. The second-order valence-corrected chi connectivity index (χ2v) is 7.20. The third-order valence-electron chi connectivity index (χ3n) is 5.15. The van der Waals surface area contributed by atoms with E-state index in [1.807, 2.05) is 0 Å². The van der Waals surface area contributed by atoms with Crippen molar-refractivity contribution in [2.24, 2.45) is 0 Å². The van der Waals surface area contributed by atoms with Gasteiger partial charge >= 0.3 is 0 Å². The lowest BCUT2D eigenvalue weighted by molar-refractivity contribution is -0.00793. The van der Waals surface area contributed by atoms with Crippen LogP contribution < -0.4 is 0 Å². The number of hydrogen-bond acceptors (Lipinski definition) is 2. The minimum Gasteiger partial charge on any atom is -0.391 e. The van der Waals surface area contributed by atoms with Crippen LogP contribution in [-0.2, 0) is 6.42 Å². The third-order valence-corrected chi connectivity index (χ3v) is 5.15. The van der Waals surface area contributed by atoms with Gasteiger partial charge in [-0.1, -0.05) is 36.6 Å². The molecule has 1 fully saturated rings. The first-order chi connectivity index (χ1) is 9.91. The van der Waals surface area contributed by atoms with Gasteiger partial charge in [-0.3, -0.25) is 4.90 Å². The fraction of sp³-hybridized carbons (Fsp3) is 0.684. The normalized spacial score (nSPS) is 19.3. The Balaban J connectivity index is 2.09. The number of aliphatic hydroxyl groups excluding tert-OH is 1. The van der Waals surface area contributed by atoms with E-state index >= 15 is 0 Å². The topological polar surface area (TPSA) is 23.5 Å². The van der Waals surface area contributed by atoms with E-state index in [0.29, 0.717) is 0 Å². The summed E-state index contributed by atoms with van der Waals surface area (Å²) >= 11 is 0. The SMILES string of the molecule is Cc1ccc(C)c(CC(O)C(C)(C)N2CCCCCC2)c1. The Kier molecular flexibility index (Phi) is 5.45. The van der Waals surface area contributed by atoms with Crippen LogP contribution in [0.1, 0.15) is 56.2 Å². The highest BCUT2D eigenvalue weighted by Crippen LogP contribution is 2.26. The maximum absolute atomic E-state index is 10.8. The lowest BCUT2D eigenvalue weighted by Gasteiger charge is -2.42. The molecule has 2 heteroatoms.